The Kier molecular flexibility index (Phi) is 4.61. The molecule has 0 aliphatic carbocycles. The summed E-state index contributed by atoms with van der Waals surface area (Å²) in [6, 6.07) is 0. The van der Waals surface area contributed by atoms with Gasteiger partial charge in [0.15, 0.2) is 6.34 Å². The van der Waals surface area contributed by atoms with Gasteiger partial charge < -0.3 is 5.21 Å². The summed E-state index contributed by atoms with van der Waals surface area (Å²) in [4.78, 5) is 0. The maximum absolute atomic E-state index is 8.96. The molecule has 5 nitrogen and oxygen atoms in total. The van der Waals surface area contributed by atoms with Crippen LogP contribution in [0, 0.1) is 0 Å². The van der Waals surface area contributed by atoms with E-state index >= 15 is 0 Å². The summed E-state index contributed by atoms with van der Waals surface area (Å²) in [5.74, 6) is 0. The molecule has 0 saturated carbocycles. The van der Waals surface area contributed by atoms with Crippen molar-refractivity contribution in [1.29, 1.82) is 0 Å². The fourth-order valence-corrected chi connectivity index (χ4v) is 0.633. The van der Waals surface area contributed by atoms with E-state index < -0.39 is 0 Å². The summed E-state index contributed by atoms with van der Waals surface area (Å²) in [7, 11) is 0. The van der Waals surface area contributed by atoms with Crippen molar-refractivity contribution in [2.75, 3.05) is 13.1 Å². The van der Waals surface area contributed by atoms with E-state index in [-0.39, 0.29) is 0 Å². The standard InChI is InChI=1S/C5H13N3O2/c1-3-7(4-2)8(10)5-6-9/h5,9-10H,3-4H2,1-2H3/b6-5+. The van der Waals surface area contributed by atoms with Gasteiger partial charge in [-0.1, -0.05) is 19.0 Å². The van der Waals surface area contributed by atoms with Gasteiger partial charge in [-0.05, 0) is 0 Å². The van der Waals surface area contributed by atoms with Crippen LogP contribution in [0.3, 0.4) is 0 Å². The van der Waals surface area contributed by atoms with Crippen LogP contribution in [-0.4, -0.2) is 40.0 Å². The first kappa shape index (κ1) is 9.19. The molecule has 0 unspecified atom stereocenters. The first-order valence-electron chi connectivity index (χ1n) is 3.16. The monoisotopic (exact) mass is 147 g/mol. The van der Waals surface area contributed by atoms with Crippen molar-refractivity contribution in [3.8, 4) is 0 Å². The molecule has 2 N–H and O–H groups in total. The molecule has 0 aromatic carbocycles. The van der Waals surface area contributed by atoms with Gasteiger partial charge in [0.1, 0.15) is 0 Å². The highest BCUT2D eigenvalue weighted by Gasteiger charge is 2.03. The number of hydroxylamine groups is 1. The molecule has 0 atom stereocenters. The third-order valence-electron chi connectivity index (χ3n) is 1.17. The van der Waals surface area contributed by atoms with Crippen molar-refractivity contribution < 1.29 is 10.4 Å². The molecule has 0 saturated heterocycles. The maximum Gasteiger partial charge on any atom is 0.173 e. The van der Waals surface area contributed by atoms with Crippen LogP contribution in [0.1, 0.15) is 13.8 Å². The van der Waals surface area contributed by atoms with Crippen LogP contribution in [-0.2, 0) is 0 Å². The number of hydrazine groups is 1. The van der Waals surface area contributed by atoms with Gasteiger partial charge in [0.25, 0.3) is 0 Å². The van der Waals surface area contributed by atoms with E-state index in [9.17, 15) is 0 Å². The predicted molar refractivity (Wildman–Crippen MR) is 36.8 cm³/mol. The Bertz CT molecular complexity index is 103. The molecular weight excluding hydrogens is 134 g/mol. The molecule has 0 aliphatic rings. The van der Waals surface area contributed by atoms with E-state index in [0.29, 0.717) is 13.1 Å². The Labute approximate surface area is 60.1 Å². The predicted octanol–water partition coefficient (Wildman–Crippen LogP) is 0.352. The van der Waals surface area contributed by atoms with E-state index in [1.165, 1.54) is 0 Å². The number of hydrogen-bond acceptors (Lipinski definition) is 4. The molecule has 0 bridgehead atoms. The zero-order valence-corrected chi connectivity index (χ0v) is 6.23. The molecule has 0 fully saturated rings. The van der Waals surface area contributed by atoms with E-state index in [2.05, 4.69) is 5.16 Å². The van der Waals surface area contributed by atoms with Crippen LogP contribution in [0.15, 0.2) is 5.16 Å². The highest BCUT2D eigenvalue weighted by molar-refractivity contribution is 5.51. The molecule has 0 spiro atoms. The normalized spacial score (nSPS) is 11.2. The molecule has 0 radical (unpaired) electrons. The molecule has 5 heteroatoms. The van der Waals surface area contributed by atoms with Gasteiger partial charge >= 0.3 is 0 Å². The second kappa shape index (κ2) is 5.01. The molecule has 0 heterocycles. The fraction of sp³-hybridized carbons (Fsp3) is 0.800. The van der Waals surface area contributed by atoms with E-state index in [0.717, 1.165) is 11.5 Å². The van der Waals surface area contributed by atoms with E-state index in [1.807, 2.05) is 13.8 Å². The summed E-state index contributed by atoms with van der Waals surface area (Å²) in [5, 5.41) is 22.0. The third kappa shape index (κ3) is 2.65. The number of hydrogen-bond donors (Lipinski definition) is 2. The zero-order valence-electron chi connectivity index (χ0n) is 6.23. The van der Waals surface area contributed by atoms with Gasteiger partial charge in [-0.2, -0.15) is 10.2 Å². The average Bonchev–Trinajstić information content (AvgIpc) is 1.91. The largest absolute Gasteiger partial charge is 0.410 e. The van der Waals surface area contributed by atoms with Gasteiger partial charge in [-0.3, -0.25) is 5.21 Å². The molecule has 0 rings (SSSR count). The van der Waals surface area contributed by atoms with Gasteiger partial charge in [-0.15, -0.1) is 0 Å². The van der Waals surface area contributed by atoms with Crippen molar-refractivity contribution in [1.82, 2.24) is 10.2 Å². The topological polar surface area (TPSA) is 59.3 Å². The van der Waals surface area contributed by atoms with Gasteiger partial charge in [0.05, 0.1) is 0 Å². The Morgan fingerprint density at radius 1 is 1.40 bits per heavy atom. The lowest BCUT2D eigenvalue weighted by molar-refractivity contribution is -0.176. The smallest absolute Gasteiger partial charge is 0.173 e. The first-order valence-corrected chi connectivity index (χ1v) is 3.16. The lowest BCUT2D eigenvalue weighted by Crippen LogP contribution is -2.38. The van der Waals surface area contributed by atoms with Crippen LogP contribution in [0.5, 0.6) is 0 Å². The fourth-order valence-electron chi connectivity index (χ4n) is 0.633. The number of nitrogens with zero attached hydrogens (tertiary/aromatic N) is 3. The molecule has 0 aromatic rings. The zero-order chi connectivity index (χ0) is 7.98. The van der Waals surface area contributed by atoms with Crippen LogP contribution in [0.4, 0.5) is 0 Å². The van der Waals surface area contributed by atoms with Crippen molar-refractivity contribution in [3.63, 3.8) is 0 Å². The van der Waals surface area contributed by atoms with Gasteiger partial charge in [-0.25, -0.2) is 0 Å². The lowest BCUT2D eigenvalue weighted by atomic mass is 10.6. The highest BCUT2D eigenvalue weighted by Crippen LogP contribution is 1.88. The molecule has 10 heavy (non-hydrogen) atoms. The first-order chi connectivity index (χ1) is 4.76. The quantitative estimate of drug-likeness (QED) is 0.261. The third-order valence-corrected chi connectivity index (χ3v) is 1.17. The van der Waals surface area contributed by atoms with Crippen LogP contribution in [0.2, 0.25) is 0 Å². The summed E-state index contributed by atoms with van der Waals surface area (Å²) < 4.78 is 0. The second-order valence-electron chi connectivity index (χ2n) is 1.69. The minimum atomic E-state index is 0.666. The summed E-state index contributed by atoms with van der Waals surface area (Å²) in [5.41, 5.74) is 0. The molecule has 60 valence electrons. The van der Waals surface area contributed by atoms with Crippen molar-refractivity contribution in [2.45, 2.75) is 13.8 Å². The SMILES string of the molecule is CCN(CC)N(O)/C=N/O. The Hall–Kier alpha value is -0.810. The summed E-state index contributed by atoms with van der Waals surface area (Å²) in [6.45, 7) is 5.11. The molecule has 0 aliphatic heterocycles. The van der Waals surface area contributed by atoms with Crippen LogP contribution < -0.4 is 0 Å². The van der Waals surface area contributed by atoms with Gasteiger partial charge in [0.2, 0.25) is 0 Å². The summed E-state index contributed by atoms with van der Waals surface area (Å²) >= 11 is 0. The second-order valence-corrected chi connectivity index (χ2v) is 1.69. The molecule has 0 amide bonds. The average molecular weight is 147 g/mol. The lowest BCUT2D eigenvalue weighted by Gasteiger charge is -2.23. The Balaban J connectivity index is 3.75. The minimum absolute atomic E-state index is 0.666. The van der Waals surface area contributed by atoms with Crippen LogP contribution >= 0.6 is 0 Å². The van der Waals surface area contributed by atoms with Crippen LogP contribution in [0.25, 0.3) is 0 Å². The van der Waals surface area contributed by atoms with Crippen molar-refractivity contribution in [2.24, 2.45) is 5.16 Å². The van der Waals surface area contributed by atoms with Crippen molar-refractivity contribution in [3.05, 3.63) is 0 Å². The number of rotatable bonds is 4. The summed E-state index contributed by atoms with van der Waals surface area (Å²) in [6.07, 6.45) is 0.924. The van der Waals surface area contributed by atoms with Gasteiger partial charge in [0, 0.05) is 13.1 Å². The number of oxime groups is 1. The highest BCUT2D eigenvalue weighted by atomic mass is 16.6. The van der Waals surface area contributed by atoms with E-state index in [1.54, 1.807) is 5.01 Å². The maximum atomic E-state index is 8.96. The Morgan fingerprint density at radius 2 is 1.90 bits per heavy atom. The minimum Gasteiger partial charge on any atom is -0.410 e. The molecular formula is C5H13N3O2. The molecule has 0 aromatic heterocycles. The van der Waals surface area contributed by atoms with Crippen molar-refractivity contribution >= 4 is 6.34 Å². The Morgan fingerprint density at radius 3 is 2.20 bits per heavy atom. The van der Waals surface area contributed by atoms with E-state index in [4.69, 9.17) is 10.4 Å².